The van der Waals surface area contributed by atoms with E-state index in [9.17, 15) is 48.5 Å². The molecule has 0 heterocycles. The van der Waals surface area contributed by atoms with E-state index in [4.69, 9.17) is 0 Å². The summed E-state index contributed by atoms with van der Waals surface area (Å²) in [5, 5.41) is 15.2. The summed E-state index contributed by atoms with van der Waals surface area (Å²) >= 11 is 0. The molecule has 0 radical (unpaired) electrons. The molecule has 5 aromatic carbocycles. The Balaban J connectivity index is 1.12. The highest BCUT2D eigenvalue weighted by molar-refractivity contribution is 7.87. The maximum atomic E-state index is 13.0. The molecule has 1 amide bonds. The molecule has 0 bridgehead atoms. The zero-order valence-electron chi connectivity index (χ0n) is 27.0. The molecule has 0 unspecified atom stereocenters. The molecule has 0 saturated heterocycles. The second-order valence-electron chi connectivity index (χ2n) is 11.5. The standard InChI is InChI=1S/C34H25N5O11S3/c1-19-15-23(11-13-29(19)38-37-24-10-7-21-16-25(51(42,43)44)18-32(28(21)17-24)53(48,49)50)35-34(41)20-5-8-22(9-6-20)36-39-30-14-12-26-27(33(30)40)3-2-4-31(26)52(45,46)47/h2-18,36H,1H3,(H,35,41)(H,42,43,44)(H,45,46,47)(H,48,49,50)/b38-37?,39-30+. The van der Waals surface area contributed by atoms with Gasteiger partial charge in [-0.3, -0.25) is 28.7 Å². The highest BCUT2D eigenvalue weighted by atomic mass is 32.2. The third-order valence-electron chi connectivity index (χ3n) is 7.86. The van der Waals surface area contributed by atoms with Crippen molar-refractivity contribution in [3.05, 3.63) is 119 Å². The highest BCUT2D eigenvalue weighted by Gasteiger charge is 2.26. The summed E-state index contributed by atoms with van der Waals surface area (Å²) in [5.74, 6) is -0.988. The van der Waals surface area contributed by atoms with Crippen LogP contribution in [0.2, 0.25) is 0 Å². The first-order valence-corrected chi connectivity index (χ1v) is 19.3. The number of rotatable bonds is 9. The van der Waals surface area contributed by atoms with Gasteiger partial charge in [-0.1, -0.05) is 24.3 Å². The smallest absolute Gasteiger partial charge is 0.295 e. The molecule has 1 aliphatic rings. The second-order valence-corrected chi connectivity index (χ2v) is 15.7. The number of nitrogens with one attached hydrogen (secondary N) is 2. The molecule has 1 aliphatic carbocycles. The Morgan fingerprint density at radius 1 is 0.698 bits per heavy atom. The van der Waals surface area contributed by atoms with Crippen molar-refractivity contribution in [2.75, 3.05) is 10.7 Å². The van der Waals surface area contributed by atoms with Crippen molar-refractivity contribution < 1.29 is 48.5 Å². The molecular weight excluding hydrogens is 751 g/mol. The summed E-state index contributed by atoms with van der Waals surface area (Å²) in [5.41, 5.74) is 5.22. The van der Waals surface area contributed by atoms with Crippen molar-refractivity contribution in [1.82, 2.24) is 0 Å². The van der Waals surface area contributed by atoms with E-state index in [1.807, 2.05) is 0 Å². The van der Waals surface area contributed by atoms with E-state index in [0.717, 1.165) is 6.07 Å². The largest absolute Gasteiger partial charge is 0.322 e. The van der Waals surface area contributed by atoms with E-state index in [0.29, 0.717) is 34.3 Å². The third-order valence-corrected chi connectivity index (χ3v) is 10.5. The number of amides is 1. The summed E-state index contributed by atoms with van der Waals surface area (Å²) in [6.07, 6.45) is 2.69. The molecule has 0 aliphatic heterocycles. The number of allylic oxidation sites excluding steroid dienone is 1. The number of fused-ring (bicyclic) bond motifs is 2. The number of carbonyl (C=O) groups excluding carboxylic acids is 2. The normalized spacial score (nSPS) is 14.1. The summed E-state index contributed by atoms with van der Waals surface area (Å²) in [7, 11) is -14.2. The van der Waals surface area contributed by atoms with E-state index in [2.05, 4.69) is 26.1 Å². The van der Waals surface area contributed by atoms with Crippen LogP contribution in [0.3, 0.4) is 0 Å². The number of azo groups is 1. The van der Waals surface area contributed by atoms with Gasteiger partial charge in [-0.15, -0.1) is 0 Å². The third kappa shape index (κ3) is 8.09. The van der Waals surface area contributed by atoms with Crippen molar-refractivity contribution in [3.63, 3.8) is 0 Å². The number of nitrogens with zero attached hydrogens (tertiary/aromatic N) is 3. The number of anilines is 2. The molecule has 0 spiro atoms. The summed E-state index contributed by atoms with van der Waals surface area (Å²) in [4.78, 5) is 24.0. The number of hydrogen-bond donors (Lipinski definition) is 5. The van der Waals surface area contributed by atoms with Gasteiger partial charge < -0.3 is 5.32 Å². The number of aryl methyl sites for hydroxylation is 1. The monoisotopic (exact) mass is 775 g/mol. The van der Waals surface area contributed by atoms with Crippen LogP contribution >= 0.6 is 0 Å². The van der Waals surface area contributed by atoms with Crippen LogP contribution in [-0.4, -0.2) is 56.3 Å². The minimum Gasteiger partial charge on any atom is -0.322 e. The van der Waals surface area contributed by atoms with E-state index < -0.39 is 51.8 Å². The number of benzene rings is 5. The molecule has 19 heteroatoms. The minimum atomic E-state index is -4.89. The maximum absolute atomic E-state index is 13.0. The summed E-state index contributed by atoms with van der Waals surface area (Å²) in [6, 6.07) is 20.7. The van der Waals surface area contributed by atoms with Gasteiger partial charge in [0.25, 0.3) is 36.3 Å². The first-order chi connectivity index (χ1) is 24.9. The Morgan fingerprint density at radius 2 is 1.40 bits per heavy atom. The Hall–Kier alpha value is -5.96. The van der Waals surface area contributed by atoms with E-state index in [1.165, 1.54) is 60.7 Å². The van der Waals surface area contributed by atoms with Crippen LogP contribution in [0.5, 0.6) is 0 Å². The van der Waals surface area contributed by atoms with Crippen LogP contribution in [0.15, 0.2) is 127 Å². The lowest BCUT2D eigenvalue weighted by molar-refractivity contribution is 0.102. The molecule has 0 fully saturated rings. The van der Waals surface area contributed by atoms with Gasteiger partial charge in [0.2, 0.25) is 5.78 Å². The molecule has 0 aromatic heterocycles. The van der Waals surface area contributed by atoms with Gasteiger partial charge in [0.05, 0.1) is 22.0 Å². The van der Waals surface area contributed by atoms with Gasteiger partial charge in [0, 0.05) is 27.8 Å². The van der Waals surface area contributed by atoms with Crippen molar-refractivity contribution in [1.29, 1.82) is 0 Å². The van der Waals surface area contributed by atoms with E-state index >= 15 is 0 Å². The molecule has 0 saturated carbocycles. The van der Waals surface area contributed by atoms with Crippen LogP contribution in [0.25, 0.3) is 16.8 Å². The number of hydrazone groups is 1. The van der Waals surface area contributed by atoms with Crippen molar-refractivity contribution in [2.45, 2.75) is 21.6 Å². The van der Waals surface area contributed by atoms with Crippen molar-refractivity contribution in [2.24, 2.45) is 15.3 Å². The number of Topliss-reactive ketones (excluding diaryl/α,β-unsaturated/α-hetero) is 1. The van der Waals surface area contributed by atoms with Gasteiger partial charge in [-0.25, -0.2) is 0 Å². The van der Waals surface area contributed by atoms with Crippen LogP contribution < -0.4 is 10.7 Å². The molecule has 16 nitrogen and oxygen atoms in total. The fraction of sp³-hybridized carbons (Fsp3) is 0.0294. The fourth-order valence-electron chi connectivity index (χ4n) is 5.29. The topological polar surface area (TPSA) is 258 Å². The van der Waals surface area contributed by atoms with E-state index in [1.54, 1.807) is 37.3 Å². The van der Waals surface area contributed by atoms with Crippen LogP contribution in [0, 0.1) is 6.92 Å². The number of hydrogen-bond acceptors (Lipinski definition) is 12. The molecule has 53 heavy (non-hydrogen) atoms. The van der Waals surface area contributed by atoms with Crippen LogP contribution in [-0.2, 0) is 30.4 Å². The molecule has 270 valence electrons. The van der Waals surface area contributed by atoms with Crippen molar-refractivity contribution in [3.8, 4) is 0 Å². The van der Waals surface area contributed by atoms with Crippen molar-refractivity contribution >= 4 is 87.4 Å². The highest BCUT2D eigenvalue weighted by Crippen LogP contribution is 2.32. The first kappa shape index (κ1) is 36.8. The van der Waals surface area contributed by atoms with Gasteiger partial charge in [0.15, 0.2) is 0 Å². The van der Waals surface area contributed by atoms with Gasteiger partial charge in [-0.05, 0) is 96.7 Å². The maximum Gasteiger partial charge on any atom is 0.295 e. The van der Waals surface area contributed by atoms with E-state index in [-0.39, 0.29) is 38.2 Å². The lowest BCUT2D eigenvalue weighted by Crippen LogP contribution is -2.19. The Labute approximate surface area is 301 Å². The number of ketones is 1. The Morgan fingerprint density at radius 3 is 2.06 bits per heavy atom. The minimum absolute atomic E-state index is 0.00873. The fourth-order valence-corrected chi connectivity index (χ4v) is 7.35. The first-order valence-electron chi connectivity index (χ1n) is 15.0. The average Bonchev–Trinajstić information content (AvgIpc) is 3.09. The average molecular weight is 776 g/mol. The Kier molecular flexibility index (Phi) is 9.64. The second kappa shape index (κ2) is 13.9. The summed E-state index contributed by atoms with van der Waals surface area (Å²) in [6.45, 7) is 1.72. The van der Waals surface area contributed by atoms with Crippen LogP contribution in [0.1, 0.15) is 31.8 Å². The van der Waals surface area contributed by atoms with Crippen LogP contribution in [0.4, 0.5) is 22.7 Å². The molecule has 5 aromatic rings. The SMILES string of the molecule is Cc1cc(NC(=O)c2ccc(N/N=C3\C=Cc4c(cccc4S(=O)(=O)O)C3=O)cc2)ccc1N=Nc1ccc2cc(S(=O)(=O)O)cc(S(=O)(=O)O)c2c1. The quantitative estimate of drug-likeness (QED) is 0.0634. The lowest BCUT2D eigenvalue weighted by Gasteiger charge is -2.14. The van der Waals surface area contributed by atoms with Gasteiger partial charge >= 0.3 is 0 Å². The molecule has 6 rings (SSSR count). The molecule has 0 atom stereocenters. The van der Waals surface area contributed by atoms with Gasteiger partial charge in [-0.2, -0.15) is 40.6 Å². The molecular formula is C34H25N5O11S3. The Bertz CT molecular complexity index is 2800. The zero-order chi connectivity index (χ0) is 38.3. The summed E-state index contributed by atoms with van der Waals surface area (Å²) < 4.78 is 99.0. The van der Waals surface area contributed by atoms with Gasteiger partial charge in [0.1, 0.15) is 15.5 Å². The predicted molar refractivity (Wildman–Crippen MR) is 194 cm³/mol. The zero-order valence-corrected chi connectivity index (χ0v) is 29.4. The number of carbonyl (C=O) groups is 2. The lowest BCUT2D eigenvalue weighted by atomic mass is 9.95. The predicted octanol–water partition coefficient (Wildman–Crippen LogP) is 6.23. The molecule has 5 N–H and O–H groups in total.